The number of fused-ring (bicyclic) bond motifs is 1. The number of carbonyl (C=O) groups excluding carboxylic acids is 1. The molecule has 0 unspecified atom stereocenters. The molecule has 0 aliphatic heterocycles. The molecule has 2 heterocycles. The molecule has 0 fully saturated rings. The predicted molar refractivity (Wildman–Crippen MR) is 132 cm³/mol. The fourth-order valence-electron chi connectivity index (χ4n) is 3.42. The molecule has 1 aromatic carbocycles. The summed E-state index contributed by atoms with van der Waals surface area (Å²) in [6.45, 7) is 10.4. The number of benzene rings is 1. The van der Waals surface area contributed by atoms with Crippen LogP contribution in [-0.4, -0.2) is 41.7 Å². The molecule has 3 rings (SSSR count). The van der Waals surface area contributed by atoms with Crippen LogP contribution in [0.2, 0.25) is 0 Å². The second kappa shape index (κ2) is 9.51. The van der Waals surface area contributed by atoms with Crippen LogP contribution in [0.15, 0.2) is 44.9 Å². The molecule has 3 aromatic rings. The second-order valence-electron chi connectivity index (χ2n) is 9.40. The molecular formula is C24H31N5O3S. The fourth-order valence-corrected chi connectivity index (χ4v) is 4.32. The van der Waals surface area contributed by atoms with E-state index in [1.165, 1.54) is 23.4 Å². The van der Waals surface area contributed by atoms with Gasteiger partial charge in [0.2, 0.25) is 5.91 Å². The lowest BCUT2D eigenvalue weighted by Gasteiger charge is -2.27. The Kier molecular flexibility index (Phi) is 7.11. The van der Waals surface area contributed by atoms with E-state index in [1.807, 2.05) is 69.9 Å². The van der Waals surface area contributed by atoms with Gasteiger partial charge in [-0.05, 0) is 19.4 Å². The van der Waals surface area contributed by atoms with Gasteiger partial charge in [-0.25, -0.2) is 14.8 Å². The summed E-state index contributed by atoms with van der Waals surface area (Å²) < 4.78 is 2.40. The van der Waals surface area contributed by atoms with Gasteiger partial charge in [-0.2, -0.15) is 0 Å². The van der Waals surface area contributed by atoms with E-state index in [1.54, 1.807) is 7.05 Å². The molecular weight excluding hydrogens is 438 g/mol. The van der Waals surface area contributed by atoms with Gasteiger partial charge in [-0.15, -0.1) is 0 Å². The van der Waals surface area contributed by atoms with Gasteiger partial charge in [0.05, 0.1) is 5.75 Å². The second-order valence-corrected chi connectivity index (χ2v) is 10.4. The summed E-state index contributed by atoms with van der Waals surface area (Å²) >= 11 is 1.21. The van der Waals surface area contributed by atoms with Crippen LogP contribution in [0, 0.1) is 0 Å². The lowest BCUT2D eigenvalue weighted by molar-refractivity contribution is -0.130. The first-order valence-electron chi connectivity index (χ1n) is 10.9. The van der Waals surface area contributed by atoms with Crippen molar-refractivity contribution in [3.05, 3.63) is 62.6 Å². The SMILES string of the molecule is CC(C)N(Cc1ccccc1)C(=O)CSc1nc(C(C)(C)C)nc2c1c(=O)n(C)c(=O)n2C. The van der Waals surface area contributed by atoms with Gasteiger partial charge < -0.3 is 4.90 Å². The number of hydrogen-bond donors (Lipinski definition) is 0. The third kappa shape index (κ3) is 5.19. The molecule has 33 heavy (non-hydrogen) atoms. The molecule has 9 heteroatoms. The van der Waals surface area contributed by atoms with Crippen LogP contribution in [0.25, 0.3) is 11.0 Å². The molecule has 0 spiro atoms. The summed E-state index contributed by atoms with van der Waals surface area (Å²) in [6, 6.07) is 9.85. The number of amides is 1. The first kappa shape index (κ1) is 24.7. The van der Waals surface area contributed by atoms with Crippen LogP contribution in [-0.2, 0) is 30.8 Å². The lowest BCUT2D eigenvalue weighted by Crippen LogP contribution is -2.38. The lowest BCUT2D eigenvalue weighted by atomic mass is 9.96. The number of rotatable bonds is 6. The Morgan fingerprint density at radius 2 is 1.70 bits per heavy atom. The van der Waals surface area contributed by atoms with E-state index >= 15 is 0 Å². The van der Waals surface area contributed by atoms with Crippen molar-refractivity contribution in [2.24, 2.45) is 14.1 Å². The number of carbonyl (C=O) groups is 1. The van der Waals surface area contributed by atoms with Crippen LogP contribution < -0.4 is 11.2 Å². The molecule has 176 valence electrons. The molecule has 2 aromatic heterocycles. The number of thioether (sulfide) groups is 1. The summed E-state index contributed by atoms with van der Waals surface area (Å²) in [6.07, 6.45) is 0. The number of hydrogen-bond acceptors (Lipinski definition) is 6. The summed E-state index contributed by atoms with van der Waals surface area (Å²) in [4.78, 5) is 49.6. The van der Waals surface area contributed by atoms with Crippen LogP contribution in [0.4, 0.5) is 0 Å². The van der Waals surface area contributed by atoms with Crippen LogP contribution >= 0.6 is 11.8 Å². The molecule has 0 saturated carbocycles. The molecule has 0 radical (unpaired) electrons. The minimum absolute atomic E-state index is 0.0132. The maximum Gasteiger partial charge on any atom is 0.332 e. The molecule has 0 bridgehead atoms. The van der Waals surface area contributed by atoms with Crippen molar-refractivity contribution in [3.63, 3.8) is 0 Å². The molecule has 0 saturated heterocycles. The zero-order valence-electron chi connectivity index (χ0n) is 20.2. The Morgan fingerprint density at radius 3 is 2.27 bits per heavy atom. The van der Waals surface area contributed by atoms with E-state index in [-0.39, 0.29) is 28.7 Å². The highest BCUT2D eigenvalue weighted by molar-refractivity contribution is 8.00. The minimum atomic E-state index is -0.464. The third-order valence-electron chi connectivity index (χ3n) is 5.41. The number of aryl methyl sites for hydroxylation is 1. The maximum atomic E-state index is 13.2. The van der Waals surface area contributed by atoms with E-state index in [4.69, 9.17) is 0 Å². The zero-order valence-corrected chi connectivity index (χ0v) is 21.1. The number of nitrogens with zero attached hydrogens (tertiary/aromatic N) is 5. The van der Waals surface area contributed by atoms with E-state index < -0.39 is 16.7 Å². The topological polar surface area (TPSA) is 90.1 Å². The van der Waals surface area contributed by atoms with Crippen molar-refractivity contribution in [1.82, 2.24) is 24.0 Å². The molecule has 8 nitrogen and oxygen atoms in total. The summed E-state index contributed by atoms with van der Waals surface area (Å²) in [5.74, 6) is 0.579. The fraction of sp³-hybridized carbons (Fsp3) is 0.458. The zero-order chi connectivity index (χ0) is 24.5. The van der Waals surface area contributed by atoms with Gasteiger partial charge in [-0.1, -0.05) is 62.9 Å². The average Bonchev–Trinajstić information content (AvgIpc) is 2.77. The van der Waals surface area contributed by atoms with Crippen LogP contribution in [0.3, 0.4) is 0 Å². The van der Waals surface area contributed by atoms with Gasteiger partial charge in [-0.3, -0.25) is 18.7 Å². The number of aromatic nitrogens is 4. The molecule has 0 aliphatic rings. The Balaban J connectivity index is 2.01. The minimum Gasteiger partial charge on any atom is -0.335 e. The van der Waals surface area contributed by atoms with Gasteiger partial charge in [0.1, 0.15) is 16.2 Å². The van der Waals surface area contributed by atoms with Crippen molar-refractivity contribution in [1.29, 1.82) is 0 Å². The summed E-state index contributed by atoms with van der Waals surface area (Å²) in [7, 11) is 3.02. The highest BCUT2D eigenvalue weighted by Crippen LogP contribution is 2.27. The Hall–Kier alpha value is -2.94. The van der Waals surface area contributed by atoms with E-state index in [0.29, 0.717) is 17.4 Å². The van der Waals surface area contributed by atoms with Crippen LogP contribution in [0.1, 0.15) is 46.0 Å². The Bertz CT molecular complexity index is 1290. The highest BCUT2D eigenvalue weighted by atomic mass is 32.2. The van der Waals surface area contributed by atoms with Gasteiger partial charge in [0.15, 0.2) is 5.65 Å². The normalized spacial score (nSPS) is 11.9. The first-order valence-corrected chi connectivity index (χ1v) is 11.8. The predicted octanol–water partition coefficient (Wildman–Crippen LogP) is 2.85. The van der Waals surface area contributed by atoms with Crippen molar-refractivity contribution >= 4 is 28.7 Å². The molecule has 1 amide bonds. The van der Waals surface area contributed by atoms with Crippen molar-refractivity contribution in [2.45, 2.75) is 57.6 Å². The van der Waals surface area contributed by atoms with Gasteiger partial charge in [0, 0.05) is 32.1 Å². The van der Waals surface area contributed by atoms with E-state index in [9.17, 15) is 14.4 Å². The molecule has 0 aliphatic carbocycles. The van der Waals surface area contributed by atoms with Crippen molar-refractivity contribution in [2.75, 3.05) is 5.75 Å². The quantitative estimate of drug-likeness (QED) is 0.407. The molecule has 0 N–H and O–H groups in total. The van der Waals surface area contributed by atoms with Gasteiger partial charge >= 0.3 is 5.69 Å². The van der Waals surface area contributed by atoms with E-state index in [0.717, 1.165) is 10.1 Å². The maximum absolute atomic E-state index is 13.2. The molecule has 0 atom stereocenters. The van der Waals surface area contributed by atoms with Crippen LogP contribution in [0.5, 0.6) is 0 Å². The Labute approximate surface area is 197 Å². The smallest absolute Gasteiger partial charge is 0.332 e. The Morgan fingerprint density at radius 1 is 1.06 bits per heavy atom. The van der Waals surface area contributed by atoms with E-state index in [2.05, 4.69) is 9.97 Å². The highest BCUT2D eigenvalue weighted by Gasteiger charge is 2.25. The third-order valence-corrected chi connectivity index (χ3v) is 6.37. The van der Waals surface area contributed by atoms with Crippen molar-refractivity contribution in [3.8, 4) is 0 Å². The monoisotopic (exact) mass is 469 g/mol. The standard InChI is InChI=1S/C24H31N5O3S/c1-15(2)29(13-16-11-9-8-10-12-16)17(30)14-33-20-18-19(25-22(26-20)24(3,4)5)27(6)23(32)28(7)21(18)31/h8-12,15H,13-14H2,1-7H3. The van der Waals surface area contributed by atoms with Gasteiger partial charge in [0.25, 0.3) is 5.56 Å². The largest absolute Gasteiger partial charge is 0.335 e. The first-order chi connectivity index (χ1) is 15.4. The van der Waals surface area contributed by atoms with Crippen molar-refractivity contribution < 1.29 is 4.79 Å². The summed E-state index contributed by atoms with van der Waals surface area (Å²) in [5, 5.41) is 0.669. The summed E-state index contributed by atoms with van der Waals surface area (Å²) in [5.41, 5.74) is 0.0152. The average molecular weight is 470 g/mol.